The number of anilines is 1. The second-order valence-electron chi connectivity index (χ2n) is 4.12. The van der Waals surface area contributed by atoms with Crippen molar-refractivity contribution >= 4 is 21.6 Å². The van der Waals surface area contributed by atoms with Gasteiger partial charge in [-0.3, -0.25) is 4.79 Å². The molecule has 3 nitrogen and oxygen atoms in total. The van der Waals surface area contributed by atoms with Crippen molar-refractivity contribution in [2.75, 3.05) is 11.9 Å². The van der Waals surface area contributed by atoms with E-state index in [0.29, 0.717) is 6.54 Å². The Morgan fingerprint density at radius 1 is 1.28 bits per heavy atom. The molecule has 0 saturated heterocycles. The number of aryl methyl sites for hydroxylation is 1. The number of hydrogen-bond donors (Lipinski definition) is 1. The second kappa shape index (κ2) is 5.87. The zero-order valence-corrected chi connectivity index (χ0v) is 11.8. The summed E-state index contributed by atoms with van der Waals surface area (Å²) in [4.78, 5) is 11.5. The Morgan fingerprint density at radius 2 is 2.11 bits per heavy atom. The van der Waals surface area contributed by atoms with Gasteiger partial charge in [0.15, 0.2) is 0 Å². The quantitative estimate of drug-likeness (QED) is 0.942. The highest BCUT2D eigenvalue weighted by Crippen LogP contribution is 2.19. The Labute approximate surface area is 115 Å². The van der Waals surface area contributed by atoms with E-state index in [9.17, 15) is 4.79 Å². The van der Waals surface area contributed by atoms with Crippen LogP contribution in [0, 0.1) is 6.92 Å². The number of rotatable bonds is 4. The lowest BCUT2D eigenvalue weighted by atomic mass is 10.2. The first-order chi connectivity index (χ1) is 8.66. The third-order valence-corrected chi connectivity index (χ3v) is 3.25. The van der Waals surface area contributed by atoms with E-state index < -0.39 is 0 Å². The number of halogens is 1. The summed E-state index contributed by atoms with van der Waals surface area (Å²) in [6.45, 7) is 3.45. The van der Waals surface area contributed by atoms with Crippen LogP contribution in [0.1, 0.15) is 5.56 Å². The highest BCUT2D eigenvalue weighted by atomic mass is 79.9. The van der Waals surface area contributed by atoms with Gasteiger partial charge in [0.1, 0.15) is 0 Å². The van der Waals surface area contributed by atoms with Crippen molar-refractivity contribution in [3.05, 3.63) is 63.0 Å². The molecule has 0 atom stereocenters. The molecule has 0 aliphatic rings. The lowest BCUT2D eigenvalue weighted by Gasteiger charge is -2.10. The molecular formula is C14H15BrN2O. The largest absolute Gasteiger partial charge is 0.383 e. The van der Waals surface area contributed by atoms with Crippen molar-refractivity contribution in [1.29, 1.82) is 0 Å². The Hall–Kier alpha value is -1.55. The van der Waals surface area contributed by atoms with Crippen LogP contribution in [0.25, 0.3) is 0 Å². The van der Waals surface area contributed by atoms with Crippen LogP contribution in [0.5, 0.6) is 0 Å². The number of hydrogen-bond acceptors (Lipinski definition) is 2. The number of pyridine rings is 1. The monoisotopic (exact) mass is 306 g/mol. The lowest BCUT2D eigenvalue weighted by Crippen LogP contribution is -2.22. The standard InChI is InChI=1S/C14H15BrN2O/c1-11-10-12(15)5-6-13(11)16-7-9-17-8-3-2-4-14(17)18/h2-6,8,10,16H,7,9H2,1H3. The number of benzene rings is 1. The third kappa shape index (κ3) is 3.23. The fourth-order valence-electron chi connectivity index (χ4n) is 1.78. The van der Waals surface area contributed by atoms with Gasteiger partial charge in [-0.05, 0) is 36.8 Å². The van der Waals surface area contributed by atoms with E-state index in [-0.39, 0.29) is 5.56 Å². The summed E-state index contributed by atoms with van der Waals surface area (Å²) < 4.78 is 2.77. The molecule has 0 spiro atoms. The smallest absolute Gasteiger partial charge is 0.250 e. The second-order valence-corrected chi connectivity index (χ2v) is 5.03. The van der Waals surface area contributed by atoms with Gasteiger partial charge < -0.3 is 9.88 Å². The molecule has 0 fully saturated rings. The van der Waals surface area contributed by atoms with Gasteiger partial charge in [0.2, 0.25) is 0 Å². The van der Waals surface area contributed by atoms with Crippen molar-refractivity contribution in [3.63, 3.8) is 0 Å². The summed E-state index contributed by atoms with van der Waals surface area (Å²) >= 11 is 3.44. The molecule has 2 aromatic rings. The average molecular weight is 307 g/mol. The number of nitrogens with one attached hydrogen (secondary N) is 1. The van der Waals surface area contributed by atoms with Crippen molar-refractivity contribution < 1.29 is 0 Å². The maximum absolute atomic E-state index is 11.5. The average Bonchev–Trinajstić information content (AvgIpc) is 2.34. The molecule has 2 rings (SSSR count). The first-order valence-corrected chi connectivity index (χ1v) is 6.61. The zero-order chi connectivity index (χ0) is 13.0. The lowest BCUT2D eigenvalue weighted by molar-refractivity contribution is 0.697. The Balaban J connectivity index is 1.97. The predicted octanol–water partition coefficient (Wildman–Crippen LogP) is 3.03. The third-order valence-electron chi connectivity index (χ3n) is 2.76. The van der Waals surface area contributed by atoms with Gasteiger partial charge in [0.25, 0.3) is 5.56 Å². The highest BCUT2D eigenvalue weighted by Gasteiger charge is 1.98. The predicted molar refractivity (Wildman–Crippen MR) is 78.1 cm³/mol. The molecule has 1 aromatic heterocycles. The zero-order valence-electron chi connectivity index (χ0n) is 10.2. The summed E-state index contributed by atoms with van der Waals surface area (Å²) in [7, 11) is 0. The summed E-state index contributed by atoms with van der Waals surface area (Å²) in [6, 6.07) is 11.3. The van der Waals surface area contributed by atoms with Gasteiger partial charge in [-0.25, -0.2) is 0 Å². The minimum atomic E-state index is 0.0341. The molecular weight excluding hydrogens is 292 g/mol. The van der Waals surface area contributed by atoms with Crippen molar-refractivity contribution in [2.24, 2.45) is 0 Å². The molecule has 1 aromatic carbocycles. The van der Waals surface area contributed by atoms with Gasteiger partial charge in [0, 0.05) is 35.5 Å². The fraction of sp³-hybridized carbons (Fsp3) is 0.214. The van der Waals surface area contributed by atoms with Crippen LogP contribution in [0.4, 0.5) is 5.69 Å². The molecule has 0 saturated carbocycles. The minimum Gasteiger partial charge on any atom is -0.383 e. The Kier molecular flexibility index (Phi) is 4.20. The molecule has 18 heavy (non-hydrogen) atoms. The van der Waals surface area contributed by atoms with Crippen LogP contribution in [0.15, 0.2) is 51.9 Å². The van der Waals surface area contributed by atoms with E-state index >= 15 is 0 Å². The number of nitrogens with zero attached hydrogens (tertiary/aromatic N) is 1. The van der Waals surface area contributed by atoms with Gasteiger partial charge in [-0.15, -0.1) is 0 Å². The van der Waals surface area contributed by atoms with Crippen molar-refractivity contribution in [3.8, 4) is 0 Å². The van der Waals surface area contributed by atoms with E-state index in [2.05, 4.69) is 34.2 Å². The molecule has 0 aliphatic heterocycles. The molecule has 0 bridgehead atoms. The SMILES string of the molecule is Cc1cc(Br)ccc1NCCn1ccccc1=O. The van der Waals surface area contributed by atoms with E-state index in [1.165, 1.54) is 5.56 Å². The van der Waals surface area contributed by atoms with Crippen molar-refractivity contribution in [2.45, 2.75) is 13.5 Å². The highest BCUT2D eigenvalue weighted by molar-refractivity contribution is 9.10. The minimum absolute atomic E-state index is 0.0341. The van der Waals surface area contributed by atoms with Gasteiger partial charge in [-0.1, -0.05) is 22.0 Å². The first-order valence-electron chi connectivity index (χ1n) is 5.82. The molecule has 1 heterocycles. The van der Waals surface area contributed by atoms with Crippen LogP contribution in [0.2, 0.25) is 0 Å². The molecule has 0 aliphatic carbocycles. The van der Waals surface area contributed by atoms with Crippen LogP contribution in [-0.2, 0) is 6.54 Å². The molecule has 1 N–H and O–H groups in total. The molecule has 0 radical (unpaired) electrons. The summed E-state index contributed by atoms with van der Waals surface area (Å²) in [6.07, 6.45) is 1.80. The van der Waals surface area contributed by atoms with Gasteiger partial charge in [0.05, 0.1) is 0 Å². The first kappa shape index (κ1) is 12.9. The molecule has 4 heteroatoms. The van der Waals surface area contributed by atoms with Crippen LogP contribution in [-0.4, -0.2) is 11.1 Å². The summed E-state index contributed by atoms with van der Waals surface area (Å²) in [5.74, 6) is 0. The Bertz CT molecular complexity index is 592. The van der Waals surface area contributed by atoms with Crippen molar-refractivity contribution in [1.82, 2.24) is 4.57 Å². The van der Waals surface area contributed by atoms with E-state index in [4.69, 9.17) is 0 Å². The van der Waals surface area contributed by atoms with E-state index in [1.807, 2.05) is 18.2 Å². The van der Waals surface area contributed by atoms with Gasteiger partial charge in [-0.2, -0.15) is 0 Å². The Morgan fingerprint density at radius 3 is 2.83 bits per heavy atom. The fourth-order valence-corrected chi connectivity index (χ4v) is 2.26. The normalized spacial score (nSPS) is 10.3. The topological polar surface area (TPSA) is 34.0 Å². The van der Waals surface area contributed by atoms with E-state index in [0.717, 1.165) is 16.7 Å². The molecule has 0 unspecified atom stereocenters. The maximum atomic E-state index is 11.5. The van der Waals surface area contributed by atoms with Crippen LogP contribution < -0.4 is 10.9 Å². The molecule has 94 valence electrons. The van der Waals surface area contributed by atoms with E-state index in [1.54, 1.807) is 22.9 Å². The number of aromatic nitrogens is 1. The molecule has 0 amide bonds. The van der Waals surface area contributed by atoms with Crippen LogP contribution in [0.3, 0.4) is 0 Å². The van der Waals surface area contributed by atoms with Gasteiger partial charge >= 0.3 is 0 Å². The summed E-state index contributed by atoms with van der Waals surface area (Å²) in [5, 5.41) is 3.34. The maximum Gasteiger partial charge on any atom is 0.250 e. The van der Waals surface area contributed by atoms with Crippen LogP contribution >= 0.6 is 15.9 Å². The summed E-state index contributed by atoms with van der Waals surface area (Å²) in [5.41, 5.74) is 2.32.